The summed E-state index contributed by atoms with van der Waals surface area (Å²) in [7, 11) is 0. The Bertz CT molecular complexity index is 1110. The number of fused-ring (bicyclic) bond motifs is 1. The zero-order valence-electron chi connectivity index (χ0n) is 15.5. The predicted octanol–water partition coefficient (Wildman–Crippen LogP) is 4.94. The highest BCUT2D eigenvalue weighted by atomic mass is 19.3. The lowest BCUT2D eigenvalue weighted by Crippen LogP contribution is -2.39. The van der Waals surface area contributed by atoms with Crippen molar-refractivity contribution in [1.82, 2.24) is 9.97 Å². The van der Waals surface area contributed by atoms with Crippen LogP contribution in [-0.2, 0) is 0 Å². The van der Waals surface area contributed by atoms with Gasteiger partial charge >= 0.3 is 0 Å². The predicted molar refractivity (Wildman–Crippen MR) is 107 cm³/mol. The summed E-state index contributed by atoms with van der Waals surface area (Å²) in [5.74, 6) is -1.93. The number of alkyl halides is 2. The molecular weight excluding hydrogens is 374 g/mol. The SMILES string of the molecule is FC1(F)CCN(c2cc(C3=C=CNc4ccc(-c5ccoc5)cc43)ncn2)CC1. The van der Waals surface area contributed by atoms with Crippen LogP contribution in [0, 0.1) is 0 Å². The molecule has 1 saturated heterocycles. The van der Waals surface area contributed by atoms with Crippen molar-refractivity contribution >= 4 is 17.1 Å². The summed E-state index contributed by atoms with van der Waals surface area (Å²) in [6.07, 6.45) is 6.26. The largest absolute Gasteiger partial charge is 0.472 e. The van der Waals surface area contributed by atoms with E-state index in [9.17, 15) is 8.78 Å². The number of rotatable bonds is 3. The van der Waals surface area contributed by atoms with Gasteiger partial charge in [0.25, 0.3) is 5.92 Å². The van der Waals surface area contributed by atoms with Gasteiger partial charge in [-0.15, -0.1) is 0 Å². The first-order chi connectivity index (χ1) is 14.1. The third-order valence-electron chi connectivity index (χ3n) is 5.32. The second-order valence-electron chi connectivity index (χ2n) is 7.18. The summed E-state index contributed by atoms with van der Waals surface area (Å²) in [5.41, 5.74) is 8.68. The maximum atomic E-state index is 13.5. The normalized spacial score (nSPS) is 17.4. The van der Waals surface area contributed by atoms with Crippen LogP contribution < -0.4 is 10.2 Å². The van der Waals surface area contributed by atoms with Crippen LogP contribution in [0.1, 0.15) is 24.1 Å². The van der Waals surface area contributed by atoms with Crippen LogP contribution in [0.3, 0.4) is 0 Å². The van der Waals surface area contributed by atoms with E-state index in [1.54, 1.807) is 18.7 Å². The molecule has 0 aliphatic carbocycles. The lowest BCUT2D eigenvalue weighted by Gasteiger charge is -2.32. The summed E-state index contributed by atoms with van der Waals surface area (Å²) in [6.45, 7) is 0.558. The molecule has 0 bridgehead atoms. The molecule has 5 nitrogen and oxygen atoms in total. The number of furan rings is 1. The second-order valence-corrected chi connectivity index (χ2v) is 7.18. The van der Waals surface area contributed by atoms with Gasteiger partial charge in [0.05, 0.1) is 23.8 Å². The van der Waals surface area contributed by atoms with E-state index in [4.69, 9.17) is 4.42 Å². The van der Waals surface area contributed by atoms with Crippen molar-refractivity contribution in [3.8, 4) is 11.1 Å². The molecule has 3 aromatic rings. The van der Waals surface area contributed by atoms with E-state index in [-0.39, 0.29) is 25.9 Å². The van der Waals surface area contributed by atoms with Gasteiger partial charge in [-0.25, -0.2) is 18.7 Å². The van der Waals surface area contributed by atoms with Gasteiger partial charge in [-0.2, -0.15) is 0 Å². The van der Waals surface area contributed by atoms with Crippen molar-refractivity contribution in [2.24, 2.45) is 0 Å². The smallest absolute Gasteiger partial charge is 0.251 e. The van der Waals surface area contributed by atoms with Crippen molar-refractivity contribution in [1.29, 1.82) is 0 Å². The Morgan fingerprint density at radius 3 is 2.72 bits per heavy atom. The van der Waals surface area contributed by atoms with Gasteiger partial charge in [-0.1, -0.05) is 11.8 Å². The molecule has 0 amide bonds. The number of nitrogens with zero attached hydrogens (tertiary/aromatic N) is 3. The number of nitrogens with one attached hydrogen (secondary N) is 1. The van der Waals surface area contributed by atoms with Crippen LogP contribution in [-0.4, -0.2) is 29.0 Å². The molecule has 1 aromatic carbocycles. The first-order valence-electron chi connectivity index (χ1n) is 9.43. The average Bonchev–Trinajstić information content (AvgIpc) is 3.28. The second kappa shape index (κ2) is 6.87. The van der Waals surface area contributed by atoms with Crippen molar-refractivity contribution in [2.45, 2.75) is 18.8 Å². The van der Waals surface area contributed by atoms with Crippen molar-refractivity contribution < 1.29 is 13.2 Å². The fraction of sp³-hybridized carbons (Fsp3) is 0.227. The molecule has 5 rings (SSSR count). The summed E-state index contributed by atoms with van der Waals surface area (Å²) < 4.78 is 32.2. The van der Waals surface area contributed by atoms with Crippen molar-refractivity contribution in [3.05, 3.63) is 72.4 Å². The Balaban J connectivity index is 1.50. The molecule has 0 saturated carbocycles. The third kappa shape index (κ3) is 3.41. The Kier molecular flexibility index (Phi) is 4.18. The lowest BCUT2D eigenvalue weighted by atomic mass is 9.95. The Morgan fingerprint density at radius 2 is 1.93 bits per heavy atom. The highest BCUT2D eigenvalue weighted by Gasteiger charge is 2.34. The molecule has 1 fully saturated rings. The number of piperidine rings is 1. The van der Waals surface area contributed by atoms with E-state index < -0.39 is 5.92 Å². The van der Waals surface area contributed by atoms with E-state index >= 15 is 0 Å². The number of benzene rings is 1. The fourth-order valence-electron chi connectivity index (χ4n) is 3.68. The molecular formula is C22H18F2N4O. The van der Waals surface area contributed by atoms with Gasteiger partial charge < -0.3 is 14.6 Å². The van der Waals surface area contributed by atoms with E-state index in [0.29, 0.717) is 11.5 Å². The molecule has 2 aliphatic heterocycles. The first-order valence-corrected chi connectivity index (χ1v) is 9.43. The van der Waals surface area contributed by atoms with Gasteiger partial charge in [-0.3, -0.25) is 0 Å². The van der Waals surface area contributed by atoms with Crippen LogP contribution in [0.25, 0.3) is 16.7 Å². The number of aromatic nitrogens is 2. The van der Waals surface area contributed by atoms with Gasteiger partial charge in [0.15, 0.2) is 0 Å². The molecule has 2 aliphatic rings. The van der Waals surface area contributed by atoms with E-state index in [0.717, 1.165) is 28.0 Å². The minimum Gasteiger partial charge on any atom is -0.472 e. The number of hydrogen-bond acceptors (Lipinski definition) is 5. The van der Waals surface area contributed by atoms with E-state index in [1.807, 2.05) is 29.2 Å². The lowest BCUT2D eigenvalue weighted by molar-refractivity contribution is -0.0221. The fourth-order valence-corrected chi connectivity index (χ4v) is 3.68. The first kappa shape index (κ1) is 17.6. The minimum atomic E-state index is -2.59. The molecule has 0 atom stereocenters. The molecule has 0 unspecified atom stereocenters. The van der Waals surface area contributed by atoms with Crippen molar-refractivity contribution in [3.63, 3.8) is 0 Å². The highest BCUT2D eigenvalue weighted by Crippen LogP contribution is 2.35. The van der Waals surface area contributed by atoms with Gasteiger partial charge in [0.2, 0.25) is 0 Å². The Hall–Kier alpha value is -3.44. The molecule has 146 valence electrons. The van der Waals surface area contributed by atoms with Crippen LogP contribution in [0.5, 0.6) is 0 Å². The third-order valence-corrected chi connectivity index (χ3v) is 5.32. The molecule has 7 heteroatoms. The topological polar surface area (TPSA) is 54.2 Å². The van der Waals surface area contributed by atoms with Gasteiger partial charge in [0, 0.05) is 55.0 Å². The van der Waals surface area contributed by atoms with Crippen molar-refractivity contribution in [2.75, 3.05) is 23.3 Å². The standard InChI is InChI=1S/C22H18F2N4O/c23-22(24)5-8-28(9-6-22)21-12-20(26-14-27-21)17-3-7-25-19-2-1-15(11-18(17)19)16-4-10-29-13-16/h1-2,4,7,10-14,25H,5-6,8-9H2. The monoisotopic (exact) mass is 392 g/mol. The zero-order chi connectivity index (χ0) is 19.8. The summed E-state index contributed by atoms with van der Waals surface area (Å²) in [6, 6.07) is 9.84. The molecule has 29 heavy (non-hydrogen) atoms. The van der Waals surface area contributed by atoms with Crippen LogP contribution in [0.4, 0.5) is 20.3 Å². The molecule has 0 spiro atoms. The molecule has 4 heterocycles. The Labute approximate surface area is 166 Å². The van der Waals surface area contributed by atoms with E-state index in [1.165, 1.54) is 6.33 Å². The number of hydrogen-bond donors (Lipinski definition) is 1. The average molecular weight is 392 g/mol. The van der Waals surface area contributed by atoms with Crippen LogP contribution in [0.15, 0.2) is 65.5 Å². The molecule has 1 N–H and O–H groups in total. The van der Waals surface area contributed by atoms with Crippen LogP contribution in [0.2, 0.25) is 0 Å². The quantitative estimate of drug-likeness (QED) is 0.640. The maximum absolute atomic E-state index is 13.5. The van der Waals surface area contributed by atoms with Crippen LogP contribution >= 0.6 is 0 Å². The summed E-state index contributed by atoms with van der Waals surface area (Å²) in [5, 5.41) is 3.20. The molecule has 0 radical (unpaired) electrons. The summed E-state index contributed by atoms with van der Waals surface area (Å²) >= 11 is 0. The van der Waals surface area contributed by atoms with E-state index in [2.05, 4.69) is 27.1 Å². The maximum Gasteiger partial charge on any atom is 0.251 e. The summed E-state index contributed by atoms with van der Waals surface area (Å²) in [4.78, 5) is 10.6. The van der Waals surface area contributed by atoms with Gasteiger partial charge in [0.1, 0.15) is 12.1 Å². The Morgan fingerprint density at radius 1 is 1.07 bits per heavy atom. The molecule has 2 aromatic heterocycles. The minimum absolute atomic E-state index is 0.157. The van der Waals surface area contributed by atoms with Gasteiger partial charge in [-0.05, 0) is 23.8 Å². The number of halogens is 2. The zero-order valence-corrected chi connectivity index (χ0v) is 15.5. The number of anilines is 2. The highest BCUT2D eigenvalue weighted by molar-refractivity contribution is 5.89.